The van der Waals surface area contributed by atoms with E-state index in [1.165, 1.54) is 12.1 Å². The third-order valence-electron chi connectivity index (χ3n) is 5.19. The minimum atomic E-state index is -0.292. The zero-order valence-corrected chi connectivity index (χ0v) is 17.3. The summed E-state index contributed by atoms with van der Waals surface area (Å²) in [6.45, 7) is 0.208. The predicted octanol–water partition coefficient (Wildman–Crippen LogP) is 5.00. The van der Waals surface area contributed by atoms with E-state index in [1.54, 1.807) is 24.3 Å². The topological polar surface area (TPSA) is 62.8 Å². The summed E-state index contributed by atoms with van der Waals surface area (Å²) in [4.78, 5) is 0. The van der Waals surface area contributed by atoms with Crippen molar-refractivity contribution in [2.75, 3.05) is 6.79 Å². The van der Waals surface area contributed by atoms with Gasteiger partial charge >= 0.3 is 0 Å². The molecule has 3 N–H and O–H groups in total. The molecule has 2 aliphatic heterocycles. The number of aromatic hydroxyl groups is 1. The first-order valence-corrected chi connectivity index (χ1v) is 10.2. The molecule has 30 heavy (non-hydrogen) atoms. The van der Waals surface area contributed by atoms with Crippen LogP contribution in [0.3, 0.4) is 0 Å². The van der Waals surface area contributed by atoms with Crippen LogP contribution in [0.5, 0.6) is 17.2 Å². The number of nitrogens with one attached hydrogen (secondary N) is 2. The fourth-order valence-corrected chi connectivity index (χ4v) is 4.05. The normalized spacial score (nSPS) is 19.9. The smallest absolute Gasteiger partial charge is 0.231 e. The van der Waals surface area contributed by atoms with Gasteiger partial charge in [0.2, 0.25) is 6.79 Å². The molecule has 0 spiro atoms. The summed E-state index contributed by atoms with van der Waals surface area (Å²) in [6, 6.07) is 17.1. The Bertz CT molecular complexity index is 1130. The lowest BCUT2D eigenvalue weighted by atomic mass is 9.97. The highest BCUT2D eigenvalue weighted by Crippen LogP contribution is 2.38. The molecule has 0 amide bonds. The van der Waals surface area contributed by atoms with Crippen LogP contribution in [0.25, 0.3) is 5.70 Å². The molecule has 2 atom stereocenters. The van der Waals surface area contributed by atoms with Crippen LogP contribution in [-0.4, -0.2) is 11.9 Å². The number of phenolic OH excluding ortho intramolecular Hbond substituents is 1. The van der Waals surface area contributed by atoms with Crippen LogP contribution < -0.4 is 20.1 Å². The number of ether oxygens (including phenoxy) is 2. The first kappa shape index (κ1) is 19.0. The molecule has 2 aliphatic rings. The zero-order valence-electron chi connectivity index (χ0n) is 15.7. The molecule has 0 saturated carbocycles. The minimum Gasteiger partial charge on any atom is -0.508 e. The average molecular weight is 469 g/mol. The fraction of sp³-hybridized carbons (Fsp3) is 0.130. The third-order valence-corrected chi connectivity index (χ3v) is 5.68. The lowest BCUT2D eigenvalue weighted by Gasteiger charge is -2.33. The summed E-state index contributed by atoms with van der Waals surface area (Å²) in [5.74, 6) is 1.30. The summed E-state index contributed by atoms with van der Waals surface area (Å²) < 4.78 is 25.2. The molecule has 2 heterocycles. The molecule has 0 aliphatic carbocycles. The van der Waals surface area contributed by atoms with E-state index < -0.39 is 0 Å². The van der Waals surface area contributed by atoms with Crippen LogP contribution in [0.15, 0.2) is 71.2 Å². The molecule has 3 aromatic rings. The van der Waals surface area contributed by atoms with Crippen LogP contribution in [0, 0.1) is 5.82 Å². The maximum Gasteiger partial charge on any atom is 0.231 e. The minimum absolute atomic E-state index is 0.191. The molecular weight excluding hydrogens is 451 g/mol. The number of rotatable bonds is 3. The number of halogens is 2. The lowest BCUT2D eigenvalue weighted by Crippen LogP contribution is -2.39. The highest BCUT2D eigenvalue weighted by molar-refractivity contribution is 9.10. The SMILES string of the molecule is Oc1ccc(Br)cc1C1C=C(c2ccc3c(c2)OCO3)NC(c2ccc(F)cc2)N1. The highest BCUT2D eigenvalue weighted by atomic mass is 79.9. The van der Waals surface area contributed by atoms with Crippen LogP contribution in [0.2, 0.25) is 0 Å². The van der Waals surface area contributed by atoms with E-state index >= 15 is 0 Å². The van der Waals surface area contributed by atoms with Gasteiger partial charge in [-0.25, -0.2) is 4.39 Å². The van der Waals surface area contributed by atoms with Gasteiger partial charge in [-0.3, -0.25) is 5.32 Å². The number of hydrogen-bond acceptors (Lipinski definition) is 5. The number of phenols is 1. The summed E-state index contributed by atoms with van der Waals surface area (Å²) in [5.41, 5.74) is 3.40. The maximum absolute atomic E-state index is 13.4. The van der Waals surface area contributed by atoms with E-state index in [1.807, 2.05) is 30.3 Å². The van der Waals surface area contributed by atoms with Crippen molar-refractivity contribution in [1.82, 2.24) is 10.6 Å². The predicted molar refractivity (Wildman–Crippen MR) is 115 cm³/mol. The summed E-state index contributed by atoms with van der Waals surface area (Å²) in [5, 5.41) is 17.4. The Labute approximate surface area is 181 Å². The van der Waals surface area contributed by atoms with Crippen molar-refractivity contribution >= 4 is 21.6 Å². The molecule has 0 bridgehead atoms. The molecule has 0 fully saturated rings. The standard InChI is InChI=1S/C23H18BrFN2O3/c24-15-4-7-20(28)17(10-15)19-11-18(14-3-8-21-22(9-14)30-12-29-21)26-23(27-19)13-1-5-16(25)6-2-13/h1-11,19,23,26-28H,12H2. The van der Waals surface area contributed by atoms with Gasteiger partial charge in [0.05, 0.1) is 6.04 Å². The molecule has 5 nitrogen and oxygen atoms in total. The quantitative estimate of drug-likeness (QED) is 0.504. The van der Waals surface area contributed by atoms with Crippen LogP contribution in [-0.2, 0) is 0 Å². The molecule has 0 aromatic heterocycles. The second-order valence-corrected chi connectivity index (χ2v) is 8.04. The highest BCUT2D eigenvalue weighted by Gasteiger charge is 2.26. The van der Waals surface area contributed by atoms with Crippen molar-refractivity contribution in [3.63, 3.8) is 0 Å². The van der Waals surface area contributed by atoms with Crippen molar-refractivity contribution in [1.29, 1.82) is 0 Å². The first-order valence-electron chi connectivity index (χ1n) is 9.45. The average Bonchev–Trinajstić information content (AvgIpc) is 3.23. The summed E-state index contributed by atoms with van der Waals surface area (Å²) in [6.07, 6.45) is 1.72. The van der Waals surface area contributed by atoms with Gasteiger partial charge < -0.3 is 19.9 Å². The van der Waals surface area contributed by atoms with Gasteiger partial charge in [0, 0.05) is 21.3 Å². The third kappa shape index (κ3) is 3.62. The Morgan fingerprint density at radius 1 is 0.967 bits per heavy atom. The van der Waals surface area contributed by atoms with Crippen molar-refractivity contribution in [2.45, 2.75) is 12.2 Å². The van der Waals surface area contributed by atoms with Gasteiger partial charge in [0.1, 0.15) is 17.7 Å². The Morgan fingerprint density at radius 2 is 1.77 bits per heavy atom. The van der Waals surface area contributed by atoms with Gasteiger partial charge in [0.25, 0.3) is 0 Å². The van der Waals surface area contributed by atoms with E-state index in [0.717, 1.165) is 26.9 Å². The molecule has 7 heteroatoms. The number of hydrogen-bond donors (Lipinski definition) is 3. The summed E-state index contributed by atoms with van der Waals surface area (Å²) in [7, 11) is 0. The van der Waals surface area contributed by atoms with Crippen LogP contribution in [0.1, 0.15) is 28.9 Å². The van der Waals surface area contributed by atoms with Crippen molar-refractivity contribution < 1.29 is 19.0 Å². The van der Waals surface area contributed by atoms with E-state index in [0.29, 0.717) is 11.5 Å². The Kier molecular flexibility index (Phi) is 4.84. The van der Waals surface area contributed by atoms with Gasteiger partial charge in [-0.2, -0.15) is 0 Å². The van der Waals surface area contributed by atoms with Gasteiger partial charge in [0.15, 0.2) is 11.5 Å². The first-order chi connectivity index (χ1) is 14.6. The van der Waals surface area contributed by atoms with Crippen LogP contribution in [0.4, 0.5) is 4.39 Å². The second kappa shape index (κ2) is 7.66. The number of fused-ring (bicyclic) bond motifs is 1. The van der Waals surface area contributed by atoms with Crippen molar-refractivity contribution in [3.05, 3.63) is 93.7 Å². The Hall–Kier alpha value is -3.03. The largest absolute Gasteiger partial charge is 0.508 e. The van der Waals surface area contributed by atoms with E-state index in [2.05, 4.69) is 26.6 Å². The molecular formula is C23H18BrFN2O3. The van der Waals surface area contributed by atoms with Crippen molar-refractivity contribution in [2.24, 2.45) is 0 Å². The van der Waals surface area contributed by atoms with Gasteiger partial charge in [-0.05, 0) is 60.2 Å². The second-order valence-electron chi connectivity index (χ2n) is 7.12. The van der Waals surface area contributed by atoms with Crippen LogP contribution >= 0.6 is 15.9 Å². The monoisotopic (exact) mass is 468 g/mol. The van der Waals surface area contributed by atoms with E-state index in [4.69, 9.17) is 9.47 Å². The zero-order chi connectivity index (χ0) is 20.7. The molecule has 3 aromatic carbocycles. The molecule has 5 rings (SSSR count). The maximum atomic E-state index is 13.4. The molecule has 0 radical (unpaired) electrons. The molecule has 2 unspecified atom stereocenters. The van der Waals surface area contributed by atoms with Crippen molar-refractivity contribution in [3.8, 4) is 17.2 Å². The van der Waals surface area contributed by atoms with Gasteiger partial charge in [-0.1, -0.05) is 28.1 Å². The number of benzene rings is 3. The summed E-state index contributed by atoms with van der Waals surface area (Å²) >= 11 is 3.48. The lowest BCUT2D eigenvalue weighted by molar-refractivity contribution is 0.174. The molecule has 152 valence electrons. The van der Waals surface area contributed by atoms with E-state index in [-0.39, 0.29) is 30.6 Å². The Balaban J connectivity index is 1.57. The molecule has 0 saturated heterocycles. The Morgan fingerprint density at radius 3 is 2.60 bits per heavy atom. The fourth-order valence-electron chi connectivity index (χ4n) is 3.67. The van der Waals surface area contributed by atoms with E-state index in [9.17, 15) is 9.50 Å². The van der Waals surface area contributed by atoms with Gasteiger partial charge in [-0.15, -0.1) is 0 Å².